The van der Waals surface area contributed by atoms with E-state index in [1.807, 2.05) is 0 Å². The third-order valence-corrected chi connectivity index (χ3v) is 8.55. The minimum atomic E-state index is 1.16. The normalized spacial score (nSPS) is 12.2. The first-order chi connectivity index (χ1) is 18.2. The minimum Gasteiger partial charge on any atom is -0.300 e. The summed E-state index contributed by atoms with van der Waals surface area (Å²) in [5, 5.41) is 0. The molecule has 0 spiro atoms. The van der Waals surface area contributed by atoms with Crippen molar-refractivity contribution in [3.63, 3.8) is 0 Å². The first-order valence-corrected chi connectivity index (χ1v) is 17.7. The van der Waals surface area contributed by atoms with Gasteiger partial charge in [0, 0.05) is 0 Å². The molecule has 0 amide bonds. The van der Waals surface area contributed by atoms with Gasteiger partial charge in [-0.1, -0.05) is 168 Å². The molecule has 0 saturated heterocycles. The summed E-state index contributed by atoms with van der Waals surface area (Å²) in [7, 11) is 2.46. The second-order valence-corrected chi connectivity index (χ2v) is 12.6. The Balaban J connectivity index is 3.54. The molecule has 0 heterocycles. The van der Waals surface area contributed by atoms with Crippen LogP contribution in [0.1, 0.15) is 201 Å². The Labute approximate surface area is 237 Å². The quantitative estimate of drug-likeness (QED) is 0.0629. The average Bonchev–Trinajstić information content (AvgIpc) is 2.89. The fraction of sp³-hybridized carbons (Fsp3) is 0.944. The van der Waals surface area contributed by atoms with Gasteiger partial charge in [0.15, 0.2) is 0 Å². The Kier molecular flexibility index (Phi) is 30.0. The van der Waals surface area contributed by atoms with Crippen molar-refractivity contribution in [2.45, 2.75) is 201 Å². The summed E-state index contributed by atoms with van der Waals surface area (Å²) in [4.78, 5) is 0. The maximum Gasteiger partial charge on any atom is 0.0913 e. The highest BCUT2D eigenvalue weighted by atomic mass is 15.3. The van der Waals surface area contributed by atoms with Gasteiger partial charge in [-0.25, -0.2) is 0 Å². The zero-order chi connectivity index (χ0) is 27.1. The van der Waals surface area contributed by atoms with Gasteiger partial charge in [-0.2, -0.15) is 0 Å². The second-order valence-electron chi connectivity index (χ2n) is 12.6. The van der Waals surface area contributed by atoms with Crippen LogP contribution in [-0.4, -0.2) is 24.6 Å². The summed E-state index contributed by atoms with van der Waals surface area (Å²) >= 11 is 0. The highest BCUT2D eigenvalue weighted by Crippen LogP contribution is 2.17. The van der Waals surface area contributed by atoms with Gasteiger partial charge in [-0.05, 0) is 38.7 Å². The van der Waals surface area contributed by atoms with E-state index in [0.29, 0.717) is 0 Å². The van der Waals surface area contributed by atoms with E-state index in [1.165, 1.54) is 193 Å². The Bertz CT molecular complexity index is 408. The number of quaternary nitrogens is 1. The van der Waals surface area contributed by atoms with Gasteiger partial charge in [0.2, 0.25) is 0 Å². The second kappa shape index (κ2) is 30.2. The maximum atomic E-state index is 2.46. The number of allylic oxidation sites excluding steroid dienone is 1. The van der Waals surface area contributed by atoms with E-state index in [9.17, 15) is 0 Å². The number of hydrogen-bond acceptors (Lipinski definition) is 0. The topological polar surface area (TPSA) is 0 Å². The van der Waals surface area contributed by atoms with Crippen LogP contribution in [0.5, 0.6) is 0 Å². The molecule has 1 nitrogen and oxygen atoms in total. The lowest BCUT2D eigenvalue weighted by Crippen LogP contribution is -2.40. The fourth-order valence-corrected chi connectivity index (χ4v) is 5.96. The first kappa shape index (κ1) is 36.7. The summed E-state index contributed by atoms with van der Waals surface area (Å²) in [6.07, 6.45) is 45.4. The van der Waals surface area contributed by atoms with Crippen molar-refractivity contribution in [2.75, 3.05) is 20.1 Å². The van der Waals surface area contributed by atoms with Gasteiger partial charge >= 0.3 is 0 Å². The van der Waals surface area contributed by atoms with E-state index < -0.39 is 0 Å². The summed E-state index contributed by atoms with van der Waals surface area (Å²) in [5.74, 6) is 0. The van der Waals surface area contributed by atoms with E-state index in [0.717, 1.165) is 4.48 Å². The lowest BCUT2D eigenvalue weighted by Gasteiger charge is -2.30. The van der Waals surface area contributed by atoms with Crippen LogP contribution < -0.4 is 0 Å². The minimum absolute atomic E-state index is 1.16. The summed E-state index contributed by atoms with van der Waals surface area (Å²) < 4.78 is 1.16. The number of unbranched alkanes of at least 4 members (excludes halogenated alkanes) is 26. The Hall–Kier alpha value is -0.300. The maximum absolute atomic E-state index is 2.46. The van der Waals surface area contributed by atoms with Gasteiger partial charge in [-0.3, -0.25) is 4.48 Å². The summed E-state index contributed by atoms with van der Waals surface area (Å²) in [6, 6.07) is 0. The molecule has 0 atom stereocenters. The lowest BCUT2D eigenvalue weighted by molar-refractivity contribution is -0.860. The van der Waals surface area contributed by atoms with Gasteiger partial charge in [0.1, 0.15) is 0 Å². The highest BCUT2D eigenvalue weighted by molar-refractivity contribution is 4.68. The third-order valence-electron chi connectivity index (χ3n) is 8.55. The largest absolute Gasteiger partial charge is 0.300 e. The van der Waals surface area contributed by atoms with Crippen LogP contribution in [0.2, 0.25) is 0 Å². The van der Waals surface area contributed by atoms with E-state index in [-0.39, 0.29) is 0 Å². The van der Waals surface area contributed by atoms with E-state index in [2.05, 4.69) is 40.1 Å². The van der Waals surface area contributed by atoms with Gasteiger partial charge in [0.05, 0.1) is 26.3 Å². The van der Waals surface area contributed by atoms with E-state index >= 15 is 0 Å². The van der Waals surface area contributed by atoms with Crippen LogP contribution in [0.4, 0.5) is 0 Å². The zero-order valence-electron chi connectivity index (χ0n) is 26.8. The monoisotopic (exact) mass is 521 g/mol. The predicted octanol–water partition coefficient (Wildman–Crippen LogP) is 12.9. The molecule has 0 aliphatic rings. The molecule has 0 saturated carbocycles. The standard InChI is InChI=1S/C36H74N/c1-5-8-10-12-14-16-18-20-22-24-26-28-30-32-35-37(4,34-7-3)36-33-31-29-27-25-23-21-19-17-15-13-11-9-6-2/h7,34H,5-6,8-33,35-36H2,1-4H3/q+1. The number of nitrogens with zero attached hydrogens (tertiary/aromatic N) is 1. The smallest absolute Gasteiger partial charge is 0.0913 e. The van der Waals surface area contributed by atoms with Gasteiger partial charge in [0.25, 0.3) is 0 Å². The van der Waals surface area contributed by atoms with Crippen LogP contribution >= 0.6 is 0 Å². The first-order valence-electron chi connectivity index (χ1n) is 17.7. The van der Waals surface area contributed by atoms with Crippen LogP contribution in [-0.2, 0) is 0 Å². The molecule has 222 valence electrons. The van der Waals surface area contributed by atoms with Crippen molar-refractivity contribution in [1.82, 2.24) is 0 Å². The van der Waals surface area contributed by atoms with Crippen molar-refractivity contribution in [3.05, 3.63) is 12.3 Å². The molecule has 0 bridgehead atoms. The fourth-order valence-electron chi connectivity index (χ4n) is 5.96. The third kappa shape index (κ3) is 28.5. The molecule has 0 aliphatic heterocycles. The molecule has 0 N–H and O–H groups in total. The number of rotatable bonds is 31. The van der Waals surface area contributed by atoms with Crippen molar-refractivity contribution >= 4 is 0 Å². The molecule has 0 rings (SSSR count). The molecule has 0 aliphatic carbocycles. The molecule has 0 radical (unpaired) electrons. The molecule has 0 aromatic heterocycles. The summed E-state index contributed by atoms with van der Waals surface area (Å²) in [5.41, 5.74) is 0. The molecule has 0 aromatic rings. The lowest BCUT2D eigenvalue weighted by atomic mass is 10.0. The molecular weight excluding hydrogens is 446 g/mol. The molecule has 1 heteroatoms. The molecular formula is C36H74N+. The van der Waals surface area contributed by atoms with E-state index in [4.69, 9.17) is 0 Å². The van der Waals surface area contributed by atoms with Gasteiger partial charge in [-0.15, -0.1) is 0 Å². The van der Waals surface area contributed by atoms with Crippen LogP contribution in [0.15, 0.2) is 12.3 Å². The van der Waals surface area contributed by atoms with Crippen molar-refractivity contribution in [1.29, 1.82) is 0 Å². The molecule has 0 unspecified atom stereocenters. The van der Waals surface area contributed by atoms with Crippen LogP contribution in [0.25, 0.3) is 0 Å². The molecule has 37 heavy (non-hydrogen) atoms. The highest BCUT2D eigenvalue weighted by Gasteiger charge is 2.17. The average molecular weight is 521 g/mol. The predicted molar refractivity (Wildman–Crippen MR) is 171 cm³/mol. The Morgan fingerprint density at radius 2 is 0.568 bits per heavy atom. The number of hydrogen-bond donors (Lipinski definition) is 0. The Morgan fingerprint density at radius 1 is 0.351 bits per heavy atom. The zero-order valence-corrected chi connectivity index (χ0v) is 26.8. The van der Waals surface area contributed by atoms with E-state index in [1.54, 1.807) is 0 Å². The summed E-state index contributed by atoms with van der Waals surface area (Å²) in [6.45, 7) is 9.48. The van der Waals surface area contributed by atoms with Gasteiger partial charge < -0.3 is 0 Å². The van der Waals surface area contributed by atoms with Crippen LogP contribution in [0, 0.1) is 0 Å². The molecule has 0 aromatic carbocycles. The van der Waals surface area contributed by atoms with Crippen LogP contribution in [0.3, 0.4) is 0 Å². The van der Waals surface area contributed by atoms with Crippen molar-refractivity contribution < 1.29 is 4.48 Å². The van der Waals surface area contributed by atoms with Crippen molar-refractivity contribution in [2.24, 2.45) is 0 Å². The Morgan fingerprint density at radius 3 is 0.784 bits per heavy atom. The molecule has 0 fully saturated rings. The SMILES string of the molecule is CC=C[N+](C)(CCCCCCCCCCCCCCCC)CCCCCCCCCCCCCCCC. The van der Waals surface area contributed by atoms with Crippen molar-refractivity contribution in [3.8, 4) is 0 Å².